The normalized spacial score (nSPS) is 10.3. The van der Waals surface area contributed by atoms with Gasteiger partial charge in [-0.1, -0.05) is 0 Å². The number of H-pyrrole nitrogens is 1. The zero-order valence-corrected chi connectivity index (χ0v) is 10.8. The molecule has 0 atom stereocenters. The fourth-order valence-electron chi connectivity index (χ4n) is 1.81. The number of nitrogens with one attached hydrogen (secondary N) is 2. The molecule has 2 N–H and O–H groups in total. The summed E-state index contributed by atoms with van der Waals surface area (Å²) >= 11 is 0. The molecule has 0 amide bonds. The Kier molecular flexibility index (Phi) is 4.17. The van der Waals surface area contributed by atoms with Crippen molar-refractivity contribution in [2.45, 2.75) is 20.4 Å². The lowest BCUT2D eigenvalue weighted by molar-refractivity contribution is 0.846. The van der Waals surface area contributed by atoms with Gasteiger partial charge in [0.15, 0.2) is 0 Å². The first-order valence-electron chi connectivity index (χ1n) is 6.26. The zero-order chi connectivity index (χ0) is 12.8. The molecule has 2 rings (SSSR count). The minimum Gasteiger partial charge on any atom is -0.378 e. The van der Waals surface area contributed by atoms with Gasteiger partial charge in [-0.05, 0) is 32.0 Å². The van der Waals surface area contributed by atoms with E-state index in [1.165, 1.54) is 0 Å². The summed E-state index contributed by atoms with van der Waals surface area (Å²) in [5.74, 6) is 1.02. The number of hydrogen-bond acceptors (Lipinski definition) is 4. The quantitative estimate of drug-likeness (QED) is 0.819. The van der Waals surface area contributed by atoms with Gasteiger partial charge in [0.25, 0.3) is 0 Å². The summed E-state index contributed by atoms with van der Waals surface area (Å²) in [7, 11) is 0. The molecule has 0 saturated heterocycles. The fourth-order valence-corrected chi connectivity index (χ4v) is 1.81. The van der Waals surface area contributed by atoms with Crippen LogP contribution in [0.25, 0.3) is 0 Å². The number of aromatic nitrogens is 3. The van der Waals surface area contributed by atoms with Crippen LogP contribution in [0.15, 0.2) is 30.6 Å². The maximum Gasteiger partial charge on any atom is 0.128 e. The molecule has 18 heavy (non-hydrogen) atoms. The van der Waals surface area contributed by atoms with Gasteiger partial charge in [0.05, 0.1) is 24.1 Å². The van der Waals surface area contributed by atoms with E-state index in [0.717, 1.165) is 36.8 Å². The van der Waals surface area contributed by atoms with Crippen LogP contribution in [-0.4, -0.2) is 28.3 Å². The number of anilines is 2. The van der Waals surface area contributed by atoms with Gasteiger partial charge >= 0.3 is 0 Å². The van der Waals surface area contributed by atoms with Crippen LogP contribution in [0.3, 0.4) is 0 Å². The highest BCUT2D eigenvalue weighted by atomic mass is 15.2. The van der Waals surface area contributed by atoms with Crippen molar-refractivity contribution in [2.75, 3.05) is 23.3 Å². The average molecular weight is 245 g/mol. The third kappa shape index (κ3) is 3.00. The van der Waals surface area contributed by atoms with Crippen molar-refractivity contribution in [1.82, 2.24) is 15.2 Å². The highest BCUT2D eigenvalue weighted by Gasteiger charge is 2.02. The molecule has 96 valence electrons. The molecule has 2 aromatic rings. The Morgan fingerprint density at radius 1 is 1.22 bits per heavy atom. The Morgan fingerprint density at radius 2 is 2.06 bits per heavy atom. The molecule has 0 aliphatic carbocycles. The van der Waals surface area contributed by atoms with E-state index in [9.17, 15) is 0 Å². The predicted octanol–water partition coefficient (Wildman–Crippen LogP) is 2.26. The van der Waals surface area contributed by atoms with Crippen LogP contribution in [0, 0.1) is 0 Å². The molecular weight excluding hydrogens is 226 g/mol. The van der Waals surface area contributed by atoms with E-state index in [-0.39, 0.29) is 0 Å². The van der Waals surface area contributed by atoms with E-state index in [0.29, 0.717) is 0 Å². The summed E-state index contributed by atoms with van der Waals surface area (Å²) < 4.78 is 0. The van der Waals surface area contributed by atoms with Crippen molar-refractivity contribution in [2.24, 2.45) is 0 Å². The highest BCUT2D eigenvalue weighted by molar-refractivity contribution is 5.48. The monoisotopic (exact) mass is 245 g/mol. The molecule has 0 aliphatic rings. The molecule has 0 spiro atoms. The first-order valence-corrected chi connectivity index (χ1v) is 6.26. The number of hydrogen-bond donors (Lipinski definition) is 2. The molecule has 2 heterocycles. The van der Waals surface area contributed by atoms with Crippen LogP contribution in [-0.2, 0) is 6.54 Å². The number of rotatable bonds is 6. The fraction of sp³-hybridized carbons (Fsp3) is 0.385. The first kappa shape index (κ1) is 12.4. The molecule has 2 aromatic heterocycles. The van der Waals surface area contributed by atoms with Crippen molar-refractivity contribution in [3.63, 3.8) is 0 Å². The molecule has 0 unspecified atom stereocenters. The third-order valence-corrected chi connectivity index (χ3v) is 2.88. The van der Waals surface area contributed by atoms with Gasteiger partial charge in [0.1, 0.15) is 5.82 Å². The molecule has 5 heteroatoms. The molecule has 0 fully saturated rings. The second-order valence-electron chi connectivity index (χ2n) is 4.01. The second-order valence-corrected chi connectivity index (χ2v) is 4.01. The topological polar surface area (TPSA) is 56.8 Å². The first-order chi connectivity index (χ1) is 8.83. The zero-order valence-electron chi connectivity index (χ0n) is 10.8. The third-order valence-electron chi connectivity index (χ3n) is 2.88. The SMILES string of the molecule is CCN(CC)c1ccc(NCc2ccn[nH]2)cn1. The van der Waals surface area contributed by atoms with Gasteiger partial charge in [-0.25, -0.2) is 4.98 Å². The summed E-state index contributed by atoms with van der Waals surface area (Å²) in [6.07, 6.45) is 3.61. The minimum absolute atomic E-state index is 0.728. The van der Waals surface area contributed by atoms with Crippen LogP contribution in [0.5, 0.6) is 0 Å². The van der Waals surface area contributed by atoms with Crippen LogP contribution < -0.4 is 10.2 Å². The maximum atomic E-state index is 4.46. The standard InChI is InChI=1S/C13H19N5/c1-3-18(4-2)13-6-5-11(9-15-13)14-10-12-7-8-16-17-12/h5-9,14H,3-4,10H2,1-2H3,(H,16,17). The maximum absolute atomic E-state index is 4.46. The van der Waals surface area contributed by atoms with E-state index in [4.69, 9.17) is 0 Å². The molecule has 0 radical (unpaired) electrons. The summed E-state index contributed by atoms with van der Waals surface area (Å²) in [6.45, 7) is 6.95. The molecule has 0 aliphatic heterocycles. The summed E-state index contributed by atoms with van der Waals surface area (Å²) in [6, 6.07) is 6.05. The smallest absolute Gasteiger partial charge is 0.128 e. The average Bonchev–Trinajstić information content (AvgIpc) is 2.92. The molecule has 0 aromatic carbocycles. The van der Waals surface area contributed by atoms with Crippen molar-refractivity contribution >= 4 is 11.5 Å². The van der Waals surface area contributed by atoms with Gasteiger partial charge < -0.3 is 10.2 Å². The lowest BCUT2D eigenvalue weighted by Crippen LogP contribution is -2.22. The molecule has 0 bridgehead atoms. The Balaban J connectivity index is 1.95. The number of nitrogens with zero attached hydrogens (tertiary/aromatic N) is 3. The lowest BCUT2D eigenvalue weighted by atomic mass is 10.3. The molecule has 5 nitrogen and oxygen atoms in total. The van der Waals surface area contributed by atoms with Crippen molar-refractivity contribution in [1.29, 1.82) is 0 Å². The van der Waals surface area contributed by atoms with Crippen molar-refractivity contribution in [3.8, 4) is 0 Å². The van der Waals surface area contributed by atoms with E-state index >= 15 is 0 Å². The largest absolute Gasteiger partial charge is 0.378 e. The van der Waals surface area contributed by atoms with Crippen molar-refractivity contribution < 1.29 is 0 Å². The Morgan fingerprint density at radius 3 is 2.61 bits per heavy atom. The van der Waals surface area contributed by atoms with Crippen LogP contribution in [0.4, 0.5) is 11.5 Å². The van der Waals surface area contributed by atoms with Gasteiger partial charge in [0, 0.05) is 19.3 Å². The van der Waals surface area contributed by atoms with E-state index < -0.39 is 0 Å². The number of aromatic amines is 1. The van der Waals surface area contributed by atoms with Crippen LogP contribution in [0.2, 0.25) is 0 Å². The Labute approximate surface area is 107 Å². The minimum atomic E-state index is 0.728. The van der Waals surface area contributed by atoms with E-state index in [2.05, 4.69) is 45.3 Å². The van der Waals surface area contributed by atoms with Gasteiger partial charge in [-0.15, -0.1) is 0 Å². The molecule has 0 saturated carbocycles. The molecular formula is C13H19N5. The Bertz CT molecular complexity index is 445. The van der Waals surface area contributed by atoms with Crippen LogP contribution in [0.1, 0.15) is 19.5 Å². The lowest BCUT2D eigenvalue weighted by Gasteiger charge is -2.19. The van der Waals surface area contributed by atoms with Crippen molar-refractivity contribution in [3.05, 3.63) is 36.3 Å². The summed E-state index contributed by atoms with van der Waals surface area (Å²) in [5, 5.41) is 10.1. The predicted molar refractivity (Wildman–Crippen MR) is 73.7 cm³/mol. The number of pyridine rings is 1. The van der Waals surface area contributed by atoms with Crippen LogP contribution >= 0.6 is 0 Å². The Hall–Kier alpha value is -2.04. The van der Waals surface area contributed by atoms with Gasteiger partial charge in [0.2, 0.25) is 0 Å². The van der Waals surface area contributed by atoms with E-state index in [1.807, 2.05) is 18.3 Å². The second kappa shape index (κ2) is 6.05. The summed E-state index contributed by atoms with van der Waals surface area (Å²) in [4.78, 5) is 6.68. The van der Waals surface area contributed by atoms with E-state index in [1.54, 1.807) is 6.20 Å². The summed E-state index contributed by atoms with van der Waals surface area (Å²) in [5.41, 5.74) is 2.07. The van der Waals surface area contributed by atoms with Gasteiger partial charge in [-0.3, -0.25) is 5.10 Å². The van der Waals surface area contributed by atoms with Gasteiger partial charge in [-0.2, -0.15) is 5.10 Å². The highest BCUT2D eigenvalue weighted by Crippen LogP contribution is 2.14.